The van der Waals surface area contributed by atoms with Crippen LogP contribution in [0.25, 0.3) is 0 Å². The van der Waals surface area contributed by atoms with Gasteiger partial charge in [0.05, 0.1) is 6.61 Å². The molecule has 1 aromatic carbocycles. The third kappa shape index (κ3) is 5.03. The zero-order chi connectivity index (χ0) is 11.1. The van der Waals surface area contributed by atoms with Gasteiger partial charge in [-0.25, -0.2) is 0 Å². The zero-order valence-electron chi connectivity index (χ0n) is 8.88. The highest BCUT2D eigenvalue weighted by atomic mass is 79.9. The van der Waals surface area contributed by atoms with Crippen LogP contribution in [0.4, 0.5) is 0 Å². The predicted octanol–water partition coefficient (Wildman–Crippen LogP) is 4.64. The van der Waals surface area contributed by atoms with Crippen molar-refractivity contribution in [3.05, 3.63) is 28.7 Å². The van der Waals surface area contributed by atoms with E-state index >= 15 is 0 Å². The molecule has 0 aromatic heterocycles. The molecule has 1 aromatic rings. The fourth-order valence-electron chi connectivity index (χ4n) is 1.29. The van der Waals surface area contributed by atoms with Crippen molar-refractivity contribution in [2.24, 2.45) is 5.92 Å². The van der Waals surface area contributed by atoms with Crippen LogP contribution >= 0.6 is 31.9 Å². The van der Waals surface area contributed by atoms with Crippen LogP contribution < -0.4 is 4.74 Å². The second-order valence-electron chi connectivity index (χ2n) is 3.52. The van der Waals surface area contributed by atoms with E-state index in [-0.39, 0.29) is 0 Å². The lowest BCUT2D eigenvalue weighted by Gasteiger charge is -2.12. The second kappa shape index (κ2) is 7.29. The molecule has 0 amide bonds. The lowest BCUT2D eigenvalue weighted by molar-refractivity contribution is 0.283. The minimum absolute atomic E-state index is 0.720. The number of halogens is 2. The average Bonchev–Trinajstić information content (AvgIpc) is 2.25. The molecule has 0 aliphatic carbocycles. The van der Waals surface area contributed by atoms with Gasteiger partial charge in [-0.15, -0.1) is 0 Å². The molecule has 0 spiro atoms. The van der Waals surface area contributed by atoms with Gasteiger partial charge in [0, 0.05) is 9.80 Å². The first-order valence-electron chi connectivity index (χ1n) is 5.20. The maximum absolute atomic E-state index is 5.67. The minimum atomic E-state index is 0.720. The smallest absolute Gasteiger partial charge is 0.120 e. The Balaban J connectivity index is 2.31. The molecule has 3 heteroatoms. The van der Waals surface area contributed by atoms with E-state index in [9.17, 15) is 0 Å². The molecule has 0 heterocycles. The standard InChI is InChI=1S/C12H16Br2O/c1-2-10(9-13)6-7-15-12-5-3-4-11(14)8-12/h3-5,8,10H,2,6-7,9H2,1H3. The summed E-state index contributed by atoms with van der Waals surface area (Å²) < 4.78 is 6.73. The summed E-state index contributed by atoms with van der Waals surface area (Å²) in [6, 6.07) is 7.97. The molecule has 15 heavy (non-hydrogen) atoms. The summed E-state index contributed by atoms with van der Waals surface area (Å²) in [6.07, 6.45) is 2.31. The number of ether oxygens (including phenoxy) is 1. The number of alkyl halides is 1. The number of benzene rings is 1. The third-order valence-electron chi connectivity index (χ3n) is 2.39. The molecule has 0 saturated heterocycles. The number of rotatable bonds is 6. The van der Waals surface area contributed by atoms with Gasteiger partial charge in [0.2, 0.25) is 0 Å². The van der Waals surface area contributed by atoms with Gasteiger partial charge >= 0.3 is 0 Å². The molecule has 84 valence electrons. The Morgan fingerprint density at radius 1 is 1.40 bits per heavy atom. The van der Waals surface area contributed by atoms with Crippen molar-refractivity contribution >= 4 is 31.9 Å². The highest BCUT2D eigenvalue weighted by Crippen LogP contribution is 2.19. The van der Waals surface area contributed by atoms with Gasteiger partial charge in [0.1, 0.15) is 5.75 Å². The summed E-state index contributed by atoms with van der Waals surface area (Å²) in [5.41, 5.74) is 0. The van der Waals surface area contributed by atoms with E-state index in [1.807, 2.05) is 24.3 Å². The van der Waals surface area contributed by atoms with E-state index in [4.69, 9.17) is 4.74 Å². The third-order valence-corrected chi connectivity index (χ3v) is 3.80. The van der Waals surface area contributed by atoms with Crippen molar-refractivity contribution in [2.45, 2.75) is 19.8 Å². The van der Waals surface area contributed by atoms with Crippen LogP contribution in [-0.2, 0) is 0 Å². The monoisotopic (exact) mass is 334 g/mol. The molecule has 1 unspecified atom stereocenters. The first kappa shape index (κ1) is 13.0. The molecular formula is C12H16Br2O. The van der Waals surface area contributed by atoms with Gasteiger partial charge in [-0.3, -0.25) is 0 Å². The van der Waals surface area contributed by atoms with E-state index in [2.05, 4.69) is 38.8 Å². The van der Waals surface area contributed by atoms with Crippen molar-refractivity contribution in [3.63, 3.8) is 0 Å². The van der Waals surface area contributed by atoms with Crippen molar-refractivity contribution in [1.82, 2.24) is 0 Å². The van der Waals surface area contributed by atoms with E-state index < -0.39 is 0 Å². The molecule has 0 N–H and O–H groups in total. The average molecular weight is 336 g/mol. The molecule has 1 rings (SSSR count). The Bertz CT molecular complexity index is 285. The van der Waals surface area contributed by atoms with Gasteiger partial charge in [-0.1, -0.05) is 51.3 Å². The quantitative estimate of drug-likeness (QED) is 0.688. The van der Waals surface area contributed by atoms with Gasteiger partial charge in [0.25, 0.3) is 0 Å². The van der Waals surface area contributed by atoms with Crippen molar-refractivity contribution in [3.8, 4) is 5.75 Å². The van der Waals surface area contributed by atoms with Crippen molar-refractivity contribution < 1.29 is 4.74 Å². The summed E-state index contributed by atoms with van der Waals surface area (Å²) in [5, 5.41) is 1.06. The Morgan fingerprint density at radius 3 is 2.80 bits per heavy atom. The van der Waals surface area contributed by atoms with Crippen LogP contribution in [-0.4, -0.2) is 11.9 Å². The van der Waals surface area contributed by atoms with Gasteiger partial charge in [0.15, 0.2) is 0 Å². The van der Waals surface area contributed by atoms with Gasteiger partial charge < -0.3 is 4.74 Å². The second-order valence-corrected chi connectivity index (χ2v) is 5.09. The molecule has 0 aliphatic heterocycles. The SMILES string of the molecule is CCC(CBr)CCOc1cccc(Br)c1. The fraction of sp³-hybridized carbons (Fsp3) is 0.500. The zero-order valence-corrected chi connectivity index (χ0v) is 12.1. The summed E-state index contributed by atoms with van der Waals surface area (Å²) in [4.78, 5) is 0. The topological polar surface area (TPSA) is 9.23 Å². The predicted molar refractivity (Wildman–Crippen MR) is 71.8 cm³/mol. The molecule has 0 saturated carbocycles. The van der Waals surface area contributed by atoms with E-state index in [1.54, 1.807) is 0 Å². The Hall–Kier alpha value is -0.0200. The molecule has 1 atom stereocenters. The lowest BCUT2D eigenvalue weighted by atomic mass is 10.1. The summed E-state index contributed by atoms with van der Waals surface area (Å²) in [6.45, 7) is 3.01. The highest BCUT2D eigenvalue weighted by Gasteiger charge is 2.04. The molecular weight excluding hydrogens is 320 g/mol. The van der Waals surface area contributed by atoms with Crippen LogP contribution in [0.1, 0.15) is 19.8 Å². The lowest BCUT2D eigenvalue weighted by Crippen LogP contribution is -2.07. The van der Waals surface area contributed by atoms with Crippen LogP contribution in [0.3, 0.4) is 0 Å². The molecule has 1 nitrogen and oxygen atoms in total. The minimum Gasteiger partial charge on any atom is -0.494 e. The molecule has 0 fully saturated rings. The number of hydrogen-bond acceptors (Lipinski definition) is 1. The van der Waals surface area contributed by atoms with Gasteiger partial charge in [-0.05, 0) is 30.5 Å². The van der Waals surface area contributed by atoms with E-state index in [1.165, 1.54) is 6.42 Å². The van der Waals surface area contributed by atoms with Gasteiger partial charge in [-0.2, -0.15) is 0 Å². The number of hydrogen-bond donors (Lipinski definition) is 0. The summed E-state index contributed by atoms with van der Waals surface area (Å²) >= 11 is 6.93. The Kier molecular flexibility index (Phi) is 6.34. The summed E-state index contributed by atoms with van der Waals surface area (Å²) in [7, 11) is 0. The van der Waals surface area contributed by atoms with Crippen molar-refractivity contribution in [1.29, 1.82) is 0 Å². The van der Waals surface area contributed by atoms with Crippen molar-refractivity contribution in [2.75, 3.05) is 11.9 Å². The van der Waals surface area contributed by atoms with Crippen LogP contribution in [0.5, 0.6) is 5.75 Å². The maximum atomic E-state index is 5.67. The Morgan fingerprint density at radius 2 is 2.20 bits per heavy atom. The van der Waals surface area contributed by atoms with Crippen LogP contribution in [0.15, 0.2) is 28.7 Å². The van der Waals surface area contributed by atoms with E-state index in [0.29, 0.717) is 0 Å². The van der Waals surface area contributed by atoms with E-state index in [0.717, 1.165) is 34.5 Å². The first-order valence-corrected chi connectivity index (χ1v) is 7.12. The molecule has 0 radical (unpaired) electrons. The normalized spacial score (nSPS) is 12.5. The van der Waals surface area contributed by atoms with Crippen LogP contribution in [0.2, 0.25) is 0 Å². The maximum Gasteiger partial charge on any atom is 0.120 e. The fourth-order valence-corrected chi connectivity index (χ4v) is 2.45. The Labute approximate surface area is 108 Å². The molecule has 0 aliphatic rings. The van der Waals surface area contributed by atoms with Crippen LogP contribution in [0, 0.1) is 5.92 Å². The summed E-state index contributed by atoms with van der Waals surface area (Å²) in [5.74, 6) is 1.66. The molecule has 0 bridgehead atoms. The first-order chi connectivity index (χ1) is 7.26. The highest BCUT2D eigenvalue weighted by molar-refractivity contribution is 9.10. The largest absolute Gasteiger partial charge is 0.494 e.